The van der Waals surface area contributed by atoms with Crippen molar-refractivity contribution in [2.45, 2.75) is 70.1 Å². The van der Waals surface area contributed by atoms with Crippen LogP contribution in [0.3, 0.4) is 0 Å². The van der Waals surface area contributed by atoms with Crippen LogP contribution in [0.5, 0.6) is 0 Å². The summed E-state index contributed by atoms with van der Waals surface area (Å²) in [6, 6.07) is 17.9. The van der Waals surface area contributed by atoms with Crippen LogP contribution in [0, 0.1) is 0 Å². The van der Waals surface area contributed by atoms with Crippen LogP contribution in [0.1, 0.15) is 48.9 Å². The Morgan fingerprint density at radius 3 is 2.14 bits per heavy atom. The highest BCUT2D eigenvalue weighted by Gasteiger charge is 2.51. The lowest BCUT2D eigenvalue weighted by atomic mass is 9.91. The Balaban J connectivity index is 1.27. The number of halogens is 3. The molecular formula is C30H34F3N3O. The third-order valence-electron chi connectivity index (χ3n) is 8.09. The summed E-state index contributed by atoms with van der Waals surface area (Å²) in [5.41, 5.74) is 2.60. The van der Waals surface area contributed by atoms with E-state index in [2.05, 4.69) is 52.0 Å². The molecule has 0 radical (unpaired) electrons. The molecule has 3 heterocycles. The number of hydrogen-bond donors (Lipinski definition) is 1. The van der Waals surface area contributed by atoms with E-state index in [1.165, 1.54) is 41.7 Å². The third-order valence-corrected chi connectivity index (χ3v) is 8.09. The van der Waals surface area contributed by atoms with Gasteiger partial charge in [0.1, 0.15) is 0 Å². The normalized spacial score (nSPS) is 22.2. The van der Waals surface area contributed by atoms with Crippen LogP contribution in [0.2, 0.25) is 0 Å². The lowest BCUT2D eigenvalue weighted by molar-refractivity contribution is -0.258. The molecule has 0 spiro atoms. The summed E-state index contributed by atoms with van der Waals surface area (Å²) in [5, 5.41) is 9.97. The minimum absolute atomic E-state index is 0.156. The summed E-state index contributed by atoms with van der Waals surface area (Å²) >= 11 is 0. The smallest absolute Gasteiger partial charge is 0.376 e. The number of benzene rings is 2. The molecule has 2 aromatic carbocycles. The van der Waals surface area contributed by atoms with Crippen molar-refractivity contribution in [1.82, 2.24) is 14.8 Å². The molecule has 5 rings (SSSR count). The predicted octanol–water partition coefficient (Wildman–Crippen LogP) is 5.93. The summed E-state index contributed by atoms with van der Waals surface area (Å²) in [5.74, 6) is 0. The zero-order valence-electron chi connectivity index (χ0n) is 21.4. The highest BCUT2D eigenvalue weighted by Crippen LogP contribution is 2.39. The Labute approximate surface area is 216 Å². The van der Waals surface area contributed by atoms with Crippen molar-refractivity contribution in [3.05, 3.63) is 89.2 Å². The molecule has 1 N–H and O–H groups in total. The topological polar surface area (TPSA) is 39.6 Å². The first-order chi connectivity index (χ1) is 17.7. The largest absolute Gasteiger partial charge is 0.421 e. The van der Waals surface area contributed by atoms with Gasteiger partial charge in [0.2, 0.25) is 0 Å². The van der Waals surface area contributed by atoms with Crippen LogP contribution in [0.15, 0.2) is 67.0 Å². The van der Waals surface area contributed by atoms with E-state index in [4.69, 9.17) is 0 Å². The van der Waals surface area contributed by atoms with E-state index in [9.17, 15) is 18.3 Å². The first-order valence-electron chi connectivity index (χ1n) is 13.0. The second-order valence-electron chi connectivity index (χ2n) is 10.6. The van der Waals surface area contributed by atoms with E-state index in [0.717, 1.165) is 50.7 Å². The first-order valence-corrected chi connectivity index (χ1v) is 13.0. The molecule has 3 atom stereocenters. The van der Waals surface area contributed by atoms with Crippen molar-refractivity contribution in [2.75, 3.05) is 13.1 Å². The molecule has 4 nitrogen and oxygen atoms in total. The van der Waals surface area contributed by atoms with E-state index in [-0.39, 0.29) is 5.56 Å². The predicted molar refractivity (Wildman–Crippen MR) is 139 cm³/mol. The minimum Gasteiger partial charge on any atom is -0.376 e. The number of aliphatic hydroxyl groups is 1. The molecule has 2 aliphatic rings. The van der Waals surface area contributed by atoms with E-state index >= 15 is 0 Å². The van der Waals surface area contributed by atoms with Crippen molar-refractivity contribution in [2.24, 2.45) is 0 Å². The van der Waals surface area contributed by atoms with Gasteiger partial charge in [-0.2, -0.15) is 13.2 Å². The average Bonchev–Trinajstić information content (AvgIpc) is 3.11. The highest BCUT2D eigenvalue weighted by atomic mass is 19.4. The summed E-state index contributed by atoms with van der Waals surface area (Å²) in [7, 11) is 0. The van der Waals surface area contributed by atoms with Crippen molar-refractivity contribution >= 4 is 0 Å². The minimum atomic E-state index is -4.73. The first kappa shape index (κ1) is 25.9. The van der Waals surface area contributed by atoms with E-state index < -0.39 is 11.8 Å². The highest BCUT2D eigenvalue weighted by molar-refractivity contribution is 5.68. The lowest BCUT2D eigenvalue weighted by Gasteiger charge is -2.41. The van der Waals surface area contributed by atoms with Crippen molar-refractivity contribution < 1.29 is 18.3 Å². The Hall–Kier alpha value is -2.74. The van der Waals surface area contributed by atoms with Gasteiger partial charge in [0, 0.05) is 50.7 Å². The standard InChI is InChI=1S/C30H34F3N3O/c1-3-23-16-22(4-11-28(23)24-5-7-25(8-6-24)29(2,37)30(31,32)33)17-35-19-26-9-10-27(20-35)36(26)18-21-12-14-34-15-13-21/h4-8,11-16,26-27,37H,3,9-10,17-20H2,1-2H3. The molecule has 0 aliphatic carbocycles. The van der Waals surface area contributed by atoms with Gasteiger partial charge in [-0.25, -0.2) is 0 Å². The van der Waals surface area contributed by atoms with Gasteiger partial charge in [-0.3, -0.25) is 14.8 Å². The van der Waals surface area contributed by atoms with Crippen LogP contribution < -0.4 is 0 Å². The number of pyridine rings is 1. The summed E-state index contributed by atoms with van der Waals surface area (Å²) in [6.07, 6.45) is 2.31. The second kappa shape index (κ2) is 10.2. The van der Waals surface area contributed by atoms with Crippen molar-refractivity contribution in [3.8, 4) is 11.1 Å². The Morgan fingerprint density at radius 2 is 1.54 bits per heavy atom. The van der Waals surface area contributed by atoms with Gasteiger partial charge in [0.15, 0.2) is 5.60 Å². The molecule has 7 heteroatoms. The number of aromatic nitrogens is 1. The van der Waals surface area contributed by atoms with Gasteiger partial charge in [-0.1, -0.05) is 49.4 Å². The van der Waals surface area contributed by atoms with Crippen molar-refractivity contribution in [1.29, 1.82) is 0 Å². The number of piperazine rings is 1. The fourth-order valence-electron chi connectivity index (χ4n) is 5.88. The van der Waals surface area contributed by atoms with Crippen LogP contribution in [0.4, 0.5) is 13.2 Å². The second-order valence-corrected chi connectivity index (χ2v) is 10.6. The van der Waals surface area contributed by atoms with Gasteiger partial charge in [0.25, 0.3) is 0 Å². The number of alkyl halides is 3. The fraction of sp³-hybridized carbons (Fsp3) is 0.433. The summed E-state index contributed by atoms with van der Waals surface area (Å²) in [4.78, 5) is 9.36. The monoisotopic (exact) mass is 509 g/mol. The molecule has 3 unspecified atom stereocenters. The van der Waals surface area contributed by atoms with E-state index in [1.54, 1.807) is 12.1 Å². The number of fused-ring (bicyclic) bond motifs is 2. The summed E-state index contributed by atoms with van der Waals surface area (Å²) in [6.45, 7) is 6.90. The maximum atomic E-state index is 13.2. The number of aryl methyl sites for hydroxylation is 1. The maximum absolute atomic E-state index is 13.2. The Bertz CT molecular complexity index is 1200. The Morgan fingerprint density at radius 1 is 0.892 bits per heavy atom. The average molecular weight is 510 g/mol. The molecule has 2 fully saturated rings. The third kappa shape index (κ3) is 5.31. The van der Waals surface area contributed by atoms with Gasteiger partial charge in [0.05, 0.1) is 0 Å². The molecule has 0 saturated carbocycles. The molecule has 0 amide bonds. The van der Waals surface area contributed by atoms with Gasteiger partial charge in [-0.15, -0.1) is 0 Å². The number of rotatable bonds is 7. The number of hydrogen-bond acceptors (Lipinski definition) is 4. The molecular weight excluding hydrogens is 475 g/mol. The molecule has 3 aromatic rings. The zero-order chi connectivity index (χ0) is 26.2. The zero-order valence-corrected chi connectivity index (χ0v) is 21.4. The molecule has 2 saturated heterocycles. The van der Waals surface area contributed by atoms with Gasteiger partial charge in [-0.05, 0) is 71.7 Å². The quantitative estimate of drug-likeness (QED) is 0.429. The lowest BCUT2D eigenvalue weighted by Crippen LogP contribution is -2.52. The maximum Gasteiger partial charge on any atom is 0.421 e. The van der Waals surface area contributed by atoms with Crippen molar-refractivity contribution in [3.63, 3.8) is 0 Å². The van der Waals surface area contributed by atoms with Gasteiger partial charge >= 0.3 is 6.18 Å². The van der Waals surface area contributed by atoms with Gasteiger partial charge < -0.3 is 5.11 Å². The van der Waals surface area contributed by atoms with Crippen LogP contribution in [0.25, 0.3) is 11.1 Å². The molecule has 1 aromatic heterocycles. The van der Waals surface area contributed by atoms with E-state index in [0.29, 0.717) is 12.1 Å². The fourth-order valence-corrected chi connectivity index (χ4v) is 5.88. The molecule has 2 aliphatic heterocycles. The summed E-state index contributed by atoms with van der Waals surface area (Å²) < 4.78 is 39.6. The number of nitrogens with zero attached hydrogens (tertiary/aromatic N) is 3. The molecule has 196 valence electrons. The van der Waals surface area contributed by atoms with Crippen LogP contribution >= 0.6 is 0 Å². The number of likely N-dealkylation sites (tertiary alicyclic amines) is 1. The van der Waals surface area contributed by atoms with Crippen LogP contribution in [-0.4, -0.2) is 51.2 Å². The molecule has 2 bridgehead atoms. The Kier molecular flexibility index (Phi) is 7.14. The SMILES string of the molecule is CCc1cc(CN2CC3CCC(C2)N3Cc2ccncc2)ccc1-c1ccc(C(C)(O)C(F)(F)F)cc1. The molecule has 37 heavy (non-hydrogen) atoms. The van der Waals surface area contributed by atoms with E-state index in [1.807, 2.05) is 12.4 Å². The van der Waals surface area contributed by atoms with Crippen LogP contribution in [-0.2, 0) is 25.1 Å².